The summed E-state index contributed by atoms with van der Waals surface area (Å²) in [6.45, 7) is 8.47. The highest BCUT2D eigenvalue weighted by molar-refractivity contribution is 9.13. The predicted octanol–water partition coefficient (Wildman–Crippen LogP) is 5.41. The summed E-state index contributed by atoms with van der Waals surface area (Å²) in [6.07, 6.45) is 1.80. The predicted molar refractivity (Wildman–Crippen MR) is 122 cm³/mol. The molecule has 0 unspecified atom stereocenters. The molecule has 1 heterocycles. The fourth-order valence-electron chi connectivity index (χ4n) is 2.26. The minimum atomic E-state index is -0.297. The van der Waals surface area contributed by atoms with Gasteiger partial charge in [0.05, 0.1) is 42.1 Å². The third-order valence-electron chi connectivity index (χ3n) is 3.36. The molecule has 0 saturated heterocycles. The van der Waals surface area contributed by atoms with Gasteiger partial charge in [0.15, 0.2) is 11.5 Å². The van der Waals surface area contributed by atoms with Crippen molar-refractivity contribution in [2.45, 2.75) is 40.2 Å². The van der Waals surface area contributed by atoms with Crippen LogP contribution >= 0.6 is 43.2 Å². The Morgan fingerprint density at radius 1 is 1.31 bits per heavy atom. The van der Waals surface area contributed by atoms with Crippen LogP contribution in [0.5, 0.6) is 11.5 Å². The summed E-state index contributed by atoms with van der Waals surface area (Å²) in [7, 11) is 0. The highest BCUT2D eigenvalue weighted by atomic mass is 79.9. The van der Waals surface area contributed by atoms with E-state index in [1.54, 1.807) is 18.5 Å². The Bertz CT molecular complexity index is 871. The first-order chi connectivity index (χ1) is 13.8. The summed E-state index contributed by atoms with van der Waals surface area (Å²) in [6, 6.07) is 1.86. The van der Waals surface area contributed by atoms with Crippen LogP contribution in [0.2, 0.25) is 0 Å². The van der Waals surface area contributed by atoms with Crippen LogP contribution in [0.25, 0.3) is 0 Å². The van der Waals surface area contributed by atoms with Crippen LogP contribution in [0, 0.1) is 0 Å². The van der Waals surface area contributed by atoms with Crippen LogP contribution < -0.4 is 14.9 Å². The molecule has 0 aliphatic rings. The minimum Gasteiger partial charge on any atom is -0.490 e. The highest BCUT2D eigenvalue weighted by Gasteiger charge is 2.18. The van der Waals surface area contributed by atoms with Gasteiger partial charge in [-0.3, -0.25) is 10.2 Å². The lowest BCUT2D eigenvalue weighted by molar-refractivity contribution is -0.142. The molecule has 0 amide bonds. The van der Waals surface area contributed by atoms with E-state index in [-0.39, 0.29) is 18.5 Å². The van der Waals surface area contributed by atoms with Crippen molar-refractivity contribution >= 4 is 60.5 Å². The van der Waals surface area contributed by atoms with Crippen LogP contribution in [-0.4, -0.2) is 36.5 Å². The maximum Gasteiger partial charge on any atom is 0.311 e. The smallest absolute Gasteiger partial charge is 0.311 e. The molecule has 10 heteroatoms. The first kappa shape index (κ1) is 23.6. The molecule has 1 N–H and O–H groups in total. The van der Waals surface area contributed by atoms with Crippen molar-refractivity contribution in [2.24, 2.45) is 5.10 Å². The summed E-state index contributed by atoms with van der Waals surface area (Å²) in [4.78, 5) is 15.9. The number of aromatic nitrogens is 1. The Hall–Kier alpha value is -1.65. The molecule has 1 aromatic carbocycles. The summed E-state index contributed by atoms with van der Waals surface area (Å²) < 4.78 is 18.1. The van der Waals surface area contributed by atoms with E-state index in [1.165, 1.54) is 11.3 Å². The van der Waals surface area contributed by atoms with Crippen molar-refractivity contribution in [1.82, 2.24) is 4.98 Å². The second-order valence-corrected chi connectivity index (χ2v) is 8.46. The van der Waals surface area contributed by atoms with Crippen LogP contribution in [-0.2, 0) is 16.0 Å². The van der Waals surface area contributed by atoms with Gasteiger partial charge in [0.25, 0.3) is 0 Å². The zero-order chi connectivity index (χ0) is 21.4. The molecule has 0 aliphatic carbocycles. The summed E-state index contributed by atoms with van der Waals surface area (Å²) >= 11 is 8.50. The third kappa shape index (κ3) is 6.97. The molecule has 29 heavy (non-hydrogen) atoms. The van der Waals surface area contributed by atoms with Crippen LogP contribution in [0.15, 0.2) is 25.5 Å². The number of hydrogen-bond acceptors (Lipinski definition) is 8. The fourth-order valence-corrected chi connectivity index (χ4v) is 3.84. The van der Waals surface area contributed by atoms with E-state index in [4.69, 9.17) is 14.2 Å². The van der Waals surface area contributed by atoms with Crippen LogP contribution in [0.3, 0.4) is 0 Å². The Balaban J connectivity index is 2.14. The van der Waals surface area contributed by atoms with E-state index < -0.39 is 0 Å². The summed E-state index contributed by atoms with van der Waals surface area (Å²) in [5, 5.41) is 6.63. The number of nitrogens with zero attached hydrogens (tertiary/aromatic N) is 2. The van der Waals surface area contributed by atoms with Gasteiger partial charge in [-0.1, -0.05) is 0 Å². The lowest BCUT2D eigenvalue weighted by Gasteiger charge is -2.18. The van der Waals surface area contributed by atoms with E-state index >= 15 is 0 Å². The van der Waals surface area contributed by atoms with E-state index in [9.17, 15) is 4.79 Å². The van der Waals surface area contributed by atoms with Crippen molar-refractivity contribution in [3.63, 3.8) is 0 Å². The lowest BCUT2D eigenvalue weighted by atomic mass is 10.2. The number of hydrazone groups is 1. The van der Waals surface area contributed by atoms with Crippen molar-refractivity contribution < 1.29 is 19.0 Å². The average molecular weight is 549 g/mol. The molecule has 0 radical (unpaired) electrons. The zero-order valence-electron chi connectivity index (χ0n) is 16.6. The maximum absolute atomic E-state index is 11.5. The van der Waals surface area contributed by atoms with Gasteiger partial charge >= 0.3 is 5.97 Å². The molecule has 0 atom stereocenters. The topological polar surface area (TPSA) is 82.0 Å². The molecule has 158 valence electrons. The molecule has 2 rings (SSSR count). The number of rotatable bonds is 10. The number of carbonyl (C=O) groups excluding carboxylic acids is 1. The van der Waals surface area contributed by atoms with Gasteiger partial charge in [-0.15, -0.1) is 11.3 Å². The Kier molecular flexibility index (Phi) is 9.38. The highest BCUT2D eigenvalue weighted by Crippen LogP contribution is 2.43. The number of benzene rings is 1. The normalized spacial score (nSPS) is 11.1. The van der Waals surface area contributed by atoms with Gasteiger partial charge in [0, 0.05) is 15.4 Å². The molecule has 2 aromatic rings. The van der Waals surface area contributed by atoms with Gasteiger partial charge in [0.2, 0.25) is 5.13 Å². The maximum atomic E-state index is 11.5. The number of ether oxygens (including phenoxy) is 3. The molecule has 0 aliphatic heterocycles. The van der Waals surface area contributed by atoms with Crippen molar-refractivity contribution in [3.05, 3.63) is 31.6 Å². The molecular formula is C19H23Br2N3O4S. The first-order valence-corrected chi connectivity index (χ1v) is 11.5. The van der Waals surface area contributed by atoms with E-state index in [0.29, 0.717) is 35.5 Å². The van der Waals surface area contributed by atoms with Gasteiger partial charge in [-0.2, -0.15) is 5.10 Å². The Morgan fingerprint density at radius 2 is 2.07 bits per heavy atom. The van der Waals surface area contributed by atoms with E-state index in [0.717, 1.165) is 14.5 Å². The number of esters is 1. The number of carbonyl (C=O) groups is 1. The van der Waals surface area contributed by atoms with Gasteiger partial charge in [-0.25, -0.2) is 4.98 Å². The molecule has 0 bridgehead atoms. The summed E-state index contributed by atoms with van der Waals surface area (Å²) in [5.74, 6) is 0.972. The molecule has 1 aromatic heterocycles. The van der Waals surface area contributed by atoms with Crippen molar-refractivity contribution in [2.75, 3.05) is 18.6 Å². The first-order valence-electron chi connectivity index (χ1n) is 9.06. The van der Waals surface area contributed by atoms with Crippen molar-refractivity contribution in [1.29, 1.82) is 0 Å². The average Bonchev–Trinajstić information content (AvgIpc) is 3.09. The second kappa shape index (κ2) is 11.5. The van der Waals surface area contributed by atoms with Gasteiger partial charge in [0.1, 0.15) is 0 Å². The van der Waals surface area contributed by atoms with Gasteiger partial charge in [-0.05, 0) is 65.6 Å². The monoisotopic (exact) mass is 547 g/mol. The third-order valence-corrected chi connectivity index (χ3v) is 6.29. The number of halogens is 2. The standard InChI is InChI=1S/C19H23Br2N3O4S/c1-5-26-14-7-12(16(20)17(21)18(14)28-11(3)4)9-22-24-19-23-13(10-29-19)8-15(25)27-6-2/h7,9-11H,5-6,8H2,1-4H3,(H,23,24). The number of nitrogens with one attached hydrogen (secondary N) is 1. The second-order valence-electron chi connectivity index (χ2n) is 6.02. The Labute approximate surface area is 191 Å². The van der Waals surface area contributed by atoms with E-state index in [1.807, 2.05) is 26.8 Å². The number of hydrogen-bond donors (Lipinski definition) is 1. The lowest BCUT2D eigenvalue weighted by Crippen LogP contribution is -2.09. The van der Waals surface area contributed by atoms with Crippen LogP contribution in [0.4, 0.5) is 5.13 Å². The Morgan fingerprint density at radius 3 is 2.72 bits per heavy atom. The van der Waals surface area contributed by atoms with Gasteiger partial charge < -0.3 is 14.2 Å². The fraction of sp³-hybridized carbons (Fsp3) is 0.421. The van der Waals surface area contributed by atoms with Crippen molar-refractivity contribution in [3.8, 4) is 11.5 Å². The number of thiazole rings is 1. The molecule has 0 spiro atoms. The SMILES string of the molecule is CCOC(=O)Cc1csc(NN=Cc2cc(OCC)c(OC(C)C)c(Br)c2Br)n1. The molecule has 0 fully saturated rings. The quantitative estimate of drug-likeness (QED) is 0.243. The summed E-state index contributed by atoms with van der Waals surface area (Å²) in [5.41, 5.74) is 4.32. The molecule has 7 nitrogen and oxygen atoms in total. The largest absolute Gasteiger partial charge is 0.490 e. The minimum absolute atomic E-state index is 0.00676. The van der Waals surface area contributed by atoms with Crippen LogP contribution in [0.1, 0.15) is 39.0 Å². The number of anilines is 1. The molecule has 0 saturated carbocycles. The molecular weight excluding hydrogens is 526 g/mol. The zero-order valence-corrected chi connectivity index (χ0v) is 20.6. The van der Waals surface area contributed by atoms with E-state index in [2.05, 4.69) is 47.4 Å².